The number of ether oxygens (including phenoxy) is 1. The van der Waals surface area contributed by atoms with Crippen LogP contribution in [0.4, 0.5) is 5.69 Å². The SMILES string of the molecule is Cc1c(NS(=O)(=O)c2cc(Cl)cc(C(=O)OCc3ccc(C#N)cc3)c2)c(=O)n(-c2ccccc2)n1C. The van der Waals surface area contributed by atoms with Crippen molar-refractivity contribution in [3.63, 3.8) is 0 Å². The minimum atomic E-state index is -4.30. The summed E-state index contributed by atoms with van der Waals surface area (Å²) >= 11 is 6.13. The minimum Gasteiger partial charge on any atom is -0.457 e. The van der Waals surface area contributed by atoms with Gasteiger partial charge in [0.05, 0.1) is 33.5 Å². The van der Waals surface area contributed by atoms with Gasteiger partial charge in [0.25, 0.3) is 15.6 Å². The maximum atomic E-state index is 13.2. The topological polar surface area (TPSA) is 123 Å². The zero-order chi connectivity index (χ0) is 26.7. The van der Waals surface area contributed by atoms with E-state index in [-0.39, 0.29) is 27.8 Å². The molecule has 11 heteroatoms. The molecule has 0 amide bonds. The van der Waals surface area contributed by atoms with E-state index in [2.05, 4.69) is 4.72 Å². The van der Waals surface area contributed by atoms with Gasteiger partial charge in [0.1, 0.15) is 12.3 Å². The molecule has 4 rings (SSSR count). The van der Waals surface area contributed by atoms with Crippen molar-refractivity contribution in [2.24, 2.45) is 7.05 Å². The first kappa shape index (κ1) is 25.8. The zero-order valence-electron chi connectivity index (χ0n) is 19.8. The molecule has 0 unspecified atom stereocenters. The van der Waals surface area contributed by atoms with E-state index >= 15 is 0 Å². The Bertz CT molecular complexity index is 1690. The van der Waals surface area contributed by atoms with Gasteiger partial charge in [-0.1, -0.05) is 41.9 Å². The average molecular weight is 537 g/mol. The summed E-state index contributed by atoms with van der Waals surface area (Å²) in [5, 5.41) is 8.88. The Morgan fingerprint density at radius 1 is 1.08 bits per heavy atom. The third-order valence-corrected chi connectivity index (χ3v) is 7.21. The summed E-state index contributed by atoms with van der Waals surface area (Å²) in [6, 6.07) is 20.9. The highest BCUT2D eigenvalue weighted by Crippen LogP contribution is 2.23. The molecule has 1 N–H and O–H groups in total. The van der Waals surface area contributed by atoms with Gasteiger partial charge in [0, 0.05) is 12.1 Å². The van der Waals surface area contributed by atoms with Crippen molar-refractivity contribution in [2.45, 2.75) is 18.4 Å². The maximum Gasteiger partial charge on any atom is 0.338 e. The van der Waals surface area contributed by atoms with Gasteiger partial charge >= 0.3 is 5.97 Å². The molecule has 0 aliphatic carbocycles. The maximum absolute atomic E-state index is 13.2. The molecular formula is C26H21ClN4O5S. The molecule has 188 valence electrons. The van der Waals surface area contributed by atoms with Gasteiger partial charge in [0.15, 0.2) is 0 Å². The molecule has 3 aromatic carbocycles. The van der Waals surface area contributed by atoms with Gasteiger partial charge in [-0.2, -0.15) is 5.26 Å². The summed E-state index contributed by atoms with van der Waals surface area (Å²) in [6.45, 7) is 1.53. The van der Waals surface area contributed by atoms with Gasteiger partial charge in [0.2, 0.25) is 0 Å². The molecule has 0 fully saturated rings. The average Bonchev–Trinajstić information content (AvgIpc) is 3.10. The molecule has 0 saturated carbocycles. The van der Waals surface area contributed by atoms with E-state index in [1.807, 2.05) is 6.07 Å². The van der Waals surface area contributed by atoms with Crippen LogP contribution in [0.2, 0.25) is 5.02 Å². The number of sulfonamides is 1. The summed E-state index contributed by atoms with van der Waals surface area (Å²) in [6.07, 6.45) is 0. The number of hydrogen-bond donors (Lipinski definition) is 1. The fraction of sp³-hybridized carbons (Fsp3) is 0.115. The first-order valence-electron chi connectivity index (χ1n) is 10.9. The smallest absolute Gasteiger partial charge is 0.338 e. The van der Waals surface area contributed by atoms with E-state index in [9.17, 15) is 18.0 Å². The number of nitriles is 1. The van der Waals surface area contributed by atoms with Crippen LogP contribution in [0.25, 0.3) is 5.69 Å². The van der Waals surface area contributed by atoms with Crippen LogP contribution in [0.15, 0.2) is 82.5 Å². The Kier molecular flexibility index (Phi) is 7.20. The molecule has 37 heavy (non-hydrogen) atoms. The normalized spacial score (nSPS) is 11.1. The third-order valence-electron chi connectivity index (χ3n) is 5.66. The Morgan fingerprint density at radius 2 is 1.76 bits per heavy atom. The molecule has 1 aromatic heterocycles. The Labute approximate surface area is 218 Å². The summed E-state index contributed by atoms with van der Waals surface area (Å²) < 4.78 is 37.0. The second-order valence-corrected chi connectivity index (χ2v) is 10.2. The Balaban J connectivity index is 1.60. The molecule has 0 saturated heterocycles. The standard InChI is InChI=1S/C26H21ClN4O5S/c1-17-24(25(32)31(30(17)2)22-6-4-3-5-7-22)29-37(34,35)23-13-20(12-21(27)14-23)26(33)36-16-19-10-8-18(15-28)9-11-19/h3-14,29H,16H2,1-2H3. The lowest BCUT2D eigenvalue weighted by Gasteiger charge is -2.10. The number of carbonyl (C=O) groups is 1. The molecule has 0 bridgehead atoms. The lowest BCUT2D eigenvalue weighted by Crippen LogP contribution is -2.23. The van der Waals surface area contributed by atoms with E-state index < -0.39 is 21.6 Å². The monoisotopic (exact) mass is 536 g/mol. The van der Waals surface area contributed by atoms with Crippen molar-refractivity contribution in [3.8, 4) is 11.8 Å². The minimum absolute atomic E-state index is 0.000298. The van der Waals surface area contributed by atoms with Gasteiger partial charge < -0.3 is 4.74 Å². The second-order valence-electron chi connectivity index (χ2n) is 8.10. The van der Waals surface area contributed by atoms with Gasteiger partial charge in [-0.05, 0) is 55.0 Å². The second kappa shape index (κ2) is 10.3. The van der Waals surface area contributed by atoms with Crippen LogP contribution in [0, 0.1) is 18.3 Å². The van der Waals surface area contributed by atoms with E-state index in [4.69, 9.17) is 21.6 Å². The summed E-state index contributed by atoms with van der Waals surface area (Å²) in [4.78, 5) is 25.5. The van der Waals surface area contributed by atoms with Crippen LogP contribution < -0.4 is 10.3 Å². The molecule has 0 atom stereocenters. The number of carbonyl (C=O) groups excluding carboxylic acids is 1. The van der Waals surface area contributed by atoms with E-state index in [1.165, 1.54) is 16.8 Å². The van der Waals surface area contributed by atoms with Crippen molar-refractivity contribution in [1.29, 1.82) is 5.26 Å². The van der Waals surface area contributed by atoms with Crippen LogP contribution in [-0.4, -0.2) is 23.8 Å². The van der Waals surface area contributed by atoms with Gasteiger partial charge in [-0.3, -0.25) is 14.2 Å². The molecule has 9 nitrogen and oxygen atoms in total. The molecule has 0 aliphatic rings. The van der Waals surface area contributed by atoms with Crippen LogP contribution in [0.1, 0.15) is 27.2 Å². The van der Waals surface area contributed by atoms with Crippen molar-refractivity contribution >= 4 is 33.3 Å². The highest BCUT2D eigenvalue weighted by molar-refractivity contribution is 7.92. The highest BCUT2D eigenvalue weighted by Gasteiger charge is 2.24. The summed E-state index contributed by atoms with van der Waals surface area (Å²) in [7, 11) is -2.66. The number of nitrogens with zero attached hydrogens (tertiary/aromatic N) is 3. The first-order valence-corrected chi connectivity index (χ1v) is 12.8. The lowest BCUT2D eigenvalue weighted by atomic mass is 10.1. The fourth-order valence-corrected chi connectivity index (χ4v) is 5.11. The number of esters is 1. The van der Waals surface area contributed by atoms with Crippen molar-refractivity contribution in [2.75, 3.05) is 4.72 Å². The number of para-hydroxylation sites is 1. The largest absolute Gasteiger partial charge is 0.457 e. The van der Waals surface area contributed by atoms with Crippen LogP contribution in [0.3, 0.4) is 0 Å². The number of benzene rings is 3. The fourth-order valence-electron chi connectivity index (χ4n) is 3.62. The third kappa shape index (κ3) is 5.43. The van der Waals surface area contributed by atoms with Crippen LogP contribution >= 0.6 is 11.6 Å². The van der Waals surface area contributed by atoms with Crippen molar-refractivity contribution in [3.05, 3.63) is 111 Å². The number of rotatable bonds is 7. The van der Waals surface area contributed by atoms with Gasteiger partial charge in [-0.15, -0.1) is 0 Å². The molecule has 0 aliphatic heterocycles. The predicted molar refractivity (Wildman–Crippen MR) is 138 cm³/mol. The lowest BCUT2D eigenvalue weighted by molar-refractivity contribution is 0.0472. The molecule has 4 aromatic rings. The van der Waals surface area contributed by atoms with Gasteiger partial charge in [-0.25, -0.2) is 17.9 Å². The van der Waals surface area contributed by atoms with Crippen molar-refractivity contribution in [1.82, 2.24) is 9.36 Å². The molecule has 0 radical (unpaired) electrons. The number of hydrogen-bond acceptors (Lipinski definition) is 6. The summed E-state index contributed by atoms with van der Waals surface area (Å²) in [5.41, 5.74) is 1.32. The Hall–Kier alpha value is -4.33. The highest BCUT2D eigenvalue weighted by atomic mass is 35.5. The predicted octanol–water partition coefficient (Wildman–Crippen LogP) is 4.17. The van der Waals surface area contributed by atoms with E-state index in [0.717, 1.165) is 6.07 Å². The number of nitrogens with one attached hydrogen (secondary N) is 1. The summed E-state index contributed by atoms with van der Waals surface area (Å²) in [5.74, 6) is -0.786. The molecule has 0 spiro atoms. The zero-order valence-corrected chi connectivity index (χ0v) is 21.4. The Morgan fingerprint density at radius 3 is 2.41 bits per heavy atom. The van der Waals surface area contributed by atoms with E-state index in [0.29, 0.717) is 22.5 Å². The number of aromatic nitrogens is 2. The number of anilines is 1. The van der Waals surface area contributed by atoms with Crippen LogP contribution in [0.5, 0.6) is 0 Å². The quantitative estimate of drug-likeness (QED) is 0.354. The van der Waals surface area contributed by atoms with Crippen molar-refractivity contribution < 1.29 is 17.9 Å². The van der Waals surface area contributed by atoms with Crippen LogP contribution in [-0.2, 0) is 28.4 Å². The number of halogens is 1. The van der Waals surface area contributed by atoms with E-state index in [1.54, 1.807) is 73.3 Å². The molecular weight excluding hydrogens is 516 g/mol. The molecule has 1 heterocycles. The first-order chi connectivity index (χ1) is 17.6.